The van der Waals surface area contributed by atoms with Crippen molar-refractivity contribution < 1.29 is 4.79 Å². The van der Waals surface area contributed by atoms with E-state index in [2.05, 4.69) is 26.0 Å². The average Bonchev–Trinajstić information content (AvgIpc) is 3.42. The van der Waals surface area contributed by atoms with Crippen molar-refractivity contribution >= 4 is 23.1 Å². The molecule has 3 aromatic rings. The summed E-state index contributed by atoms with van der Waals surface area (Å²) in [5.74, 6) is 1.35. The summed E-state index contributed by atoms with van der Waals surface area (Å²) in [6.45, 7) is 1.02. The van der Waals surface area contributed by atoms with Gasteiger partial charge in [0.25, 0.3) is 0 Å². The zero-order chi connectivity index (χ0) is 19.2. The minimum absolute atomic E-state index is 0.326. The molecule has 2 amide bonds. The molecular formula is C21H24N6O. The molecule has 0 aliphatic heterocycles. The SMILES string of the molecule is O=C(Nc1ccc(NCC2CCCC2)cc1)Nc1cccnc1-n1cccn1. The van der Waals surface area contributed by atoms with Gasteiger partial charge in [0.2, 0.25) is 0 Å². The van der Waals surface area contributed by atoms with E-state index in [9.17, 15) is 4.79 Å². The smallest absolute Gasteiger partial charge is 0.323 e. The van der Waals surface area contributed by atoms with E-state index in [1.807, 2.05) is 24.3 Å². The lowest BCUT2D eigenvalue weighted by molar-refractivity contribution is 0.262. The number of carbonyl (C=O) groups is 1. The lowest BCUT2D eigenvalue weighted by Gasteiger charge is -2.13. The van der Waals surface area contributed by atoms with Gasteiger partial charge in [-0.15, -0.1) is 0 Å². The Balaban J connectivity index is 1.34. The van der Waals surface area contributed by atoms with Crippen molar-refractivity contribution in [1.29, 1.82) is 0 Å². The molecule has 2 aromatic heterocycles. The molecule has 4 rings (SSSR count). The van der Waals surface area contributed by atoms with Crippen molar-refractivity contribution in [2.24, 2.45) is 5.92 Å². The van der Waals surface area contributed by atoms with Crippen molar-refractivity contribution in [2.45, 2.75) is 25.7 Å². The number of anilines is 3. The van der Waals surface area contributed by atoms with E-state index >= 15 is 0 Å². The zero-order valence-corrected chi connectivity index (χ0v) is 15.6. The lowest BCUT2D eigenvalue weighted by Crippen LogP contribution is -2.21. The highest BCUT2D eigenvalue weighted by molar-refractivity contribution is 6.00. The van der Waals surface area contributed by atoms with Gasteiger partial charge in [0.1, 0.15) is 0 Å². The van der Waals surface area contributed by atoms with Crippen LogP contribution in [0.25, 0.3) is 5.82 Å². The molecule has 0 radical (unpaired) electrons. The number of nitrogens with one attached hydrogen (secondary N) is 3. The van der Waals surface area contributed by atoms with Crippen LogP contribution in [0.3, 0.4) is 0 Å². The van der Waals surface area contributed by atoms with Gasteiger partial charge in [-0.25, -0.2) is 14.5 Å². The van der Waals surface area contributed by atoms with Crippen LogP contribution in [0.15, 0.2) is 61.1 Å². The molecule has 3 N–H and O–H groups in total. The normalized spacial score (nSPS) is 14.0. The Bertz CT molecular complexity index is 901. The number of amides is 2. The van der Waals surface area contributed by atoms with Gasteiger partial charge in [0, 0.05) is 36.5 Å². The van der Waals surface area contributed by atoms with E-state index in [1.54, 1.807) is 41.5 Å². The van der Waals surface area contributed by atoms with Crippen LogP contribution in [0.1, 0.15) is 25.7 Å². The van der Waals surface area contributed by atoms with Crippen molar-refractivity contribution in [1.82, 2.24) is 14.8 Å². The maximum absolute atomic E-state index is 12.4. The first kappa shape index (κ1) is 18.0. The Hall–Kier alpha value is -3.35. The van der Waals surface area contributed by atoms with E-state index in [0.29, 0.717) is 11.5 Å². The fraction of sp³-hybridized carbons (Fsp3) is 0.286. The van der Waals surface area contributed by atoms with Crippen LogP contribution < -0.4 is 16.0 Å². The highest BCUT2D eigenvalue weighted by Crippen LogP contribution is 2.25. The van der Waals surface area contributed by atoms with Crippen molar-refractivity contribution in [3.63, 3.8) is 0 Å². The lowest BCUT2D eigenvalue weighted by atomic mass is 10.1. The summed E-state index contributed by atoms with van der Waals surface area (Å²) in [6.07, 6.45) is 10.5. The van der Waals surface area contributed by atoms with E-state index in [-0.39, 0.29) is 6.03 Å². The maximum Gasteiger partial charge on any atom is 0.323 e. The average molecular weight is 376 g/mol. The zero-order valence-electron chi connectivity index (χ0n) is 15.6. The minimum Gasteiger partial charge on any atom is -0.385 e. The van der Waals surface area contributed by atoms with Gasteiger partial charge in [0.05, 0.1) is 5.69 Å². The van der Waals surface area contributed by atoms with Gasteiger partial charge < -0.3 is 16.0 Å². The van der Waals surface area contributed by atoms with Crippen LogP contribution in [0.5, 0.6) is 0 Å². The number of aromatic nitrogens is 3. The predicted molar refractivity (Wildman–Crippen MR) is 111 cm³/mol. The van der Waals surface area contributed by atoms with Crippen molar-refractivity contribution in [3.8, 4) is 5.82 Å². The molecule has 144 valence electrons. The van der Waals surface area contributed by atoms with E-state index in [0.717, 1.165) is 23.8 Å². The molecule has 7 heteroatoms. The quantitative estimate of drug-likeness (QED) is 0.591. The van der Waals surface area contributed by atoms with Crippen LogP contribution >= 0.6 is 0 Å². The number of rotatable bonds is 6. The number of hydrogen-bond donors (Lipinski definition) is 3. The van der Waals surface area contributed by atoms with Crippen LogP contribution in [0.4, 0.5) is 21.9 Å². The molecular weight excluding hydrogens is 352 g/mol. The van der Waals surface area contributed by atoms with Crippen molar-refractivity contribution in [2.75, 3.05) is 22.5 Å². The van der Waals surface area contributed by atoms with Gasteiger partial charge in [-0.05, 0) is 61.2 Å². The van der Waals surface area contributed by atoms with Crippen LogP contribution in [0, 0.1) is 5.92 Å². The van der Waals surface area contributed by atoms with Gasteiger partial charge >= 0.3 is 6.03 Å². The van der Waals surface area contributed by atoms with Gasteiger partial charge in [-0.2, -0.15) is 5.10 Å². The molecule has 7 nitrogen and oxygen atoms in total. The molecule has 0 atom stereocenters. The molecule has 1 aliphatic rings. The van der Waals surface area contributed by atoms with E-state index < -0.39 is 0 Å². The van der Waals surface area contributed by atoms with Gasteiger partial charge in [0.15, 0.2) is 5.82 Å². The molecule has 2 heterocycles. The largest absolute Gasteiger partial charge is 0.385 e. The number of benzene rings is 1. The standard InChI is InChI=1S/C21H24N6O/c28-21(26-19-7-3-12-22-20(19)27-14-4-13-24-27)25-18-10-8-17(9-11-18)23-15-16-5-1-2-6-16/h3-4,7-14,16,23H,1-2,5-6,15H2,(H2,25,26,28). The fourth-order valence-electron chi connectivity index (χ4n) is 3.50. The molecule has 0 unspecified atom stereocenters. The van der Waals surface area contributed by atoms with Gasteiger partial charge in [-0.1, -0.05) is 12.8 Å². The summed E-state index contributed by atoms with van der Waals surface area (Å²) in [4.78, 5) is 16.7. The molecule has 1 aromatic carbocycles. The second-order valence-electron chi connectivity index (χ2n) is 7.01. The number of hydrogen-bond acceptors (Lipinski definition) is 4. The number of pyridine rings is 1. The topological polar surface area (TPSA) is 83.9 Å². The first-order valence-corrected chi connectivity index (χ1v) is 9.65. The molecule has 0 saturated heterocycles. The third-order valence-electron chi connectivity index (χ3n) is 4.97. The van der Waals surface area contributed by atoms with Gasteiger partial charge in [-0.3, -0.25) is 0 Å². The van der Waals surface area contributed by atoms with E-state index in [4.69, 9.17) is 0 Å². The molecule has 28 heavy (non-hydrogen) atoms. The Labute approximate surface area is 164 Å². The predicted octanol–water partition coefficient (Wildman–Crippen LogP) is 4.51. The molecule has 1 fully saturated rings. The Kier molecular flexibility index (Phi) is 5.51. The Morgan fingerprint density at radius 1 is 1.00 bits per heavy atom. The summed E-state index contributed by atoms with van der Waals surface area (Å²) in [6, 6.07) is 12.8. The fourth-order valence-corrected chi connectivity index (χ4v) is 3.50. The molecule has 0 bridgehead atoms. The highest BCUT2D eigenvalue weighted by Gasteiger charge is 2.14. The van der Waals surface area contributed by atoms with E-state index in [1.165, 1.54) is 25.7 Å². The highest BCUT2D eigenvalue weighted by atomic mass is 16.2. The summed E-state index contributed by atoms with van der Waals surface area (Å²) >= 11 is 0. The molecule has 0 spiro atoms. The first-order chi connectivity index (χ1) is 13.8. The summed E-state index contributed by atoms with van der Waals surface area (Å²) in [5.41, 5.74) is 2.39. The number of nitrogens with zero attached hydrogens (tertiary/aromatic N) is 3. The number of urea groups is 1. The van der Waals surface area contributed by atoms with Crippen LogP contribution in [0.2, 0.25) is 0 Å². The second-order valence-corrected chi connectivity index (χ2v) is 7.01. The Morgan fingerprint density at radius 2 is 1.79 bits per heavy atom. The third kappa shape index (κ3) is 4.49. The maximum atomic E-state index is 12.4. The second kappa shape index (κ2) is 8.56. The number of carbonyl (C=O) groups excluding carboxylic acids is 1. The molecule has 1 saturated carbocycles. The third-order valence-corrected chi connectivity index (χ3v) is 4.97. The minimum atomic E-state index is -0.326. The van der Waals surface area contributed by atoms with Crippen LogP contribution in [-0.4, -0.2) is 27.3 Å². The monoisotopic (exact) mass is 376 g/mol. The van der Waals surface area contributed by atoms with Crippen LogP contribution in [-0.2, 0) is 0 Å². The van der Waals surface area contributed by atoms with Crippen molar-refractivity contribution in [3.05, 3.63) is 61.1 Å². The first-order valence-electron chi connectivity index (χ1n) is 9.65. The summed E-state index contributed by atoms with van der Waals surface area (Å²) in [7, 11) is 0. The summed E-state index contributed by atoms with van der Waals surface area (Å²) in [5, 5.41) is 13.3. The summed E-state index contributed by atoms with van der Waals surface area (Å²) < 4.78 is 1.61. The Morgan fingerprint density at radius 3 is 2.54 bits per heavy atom. The molecule has 1 aliphatic carbocycles.